The molecule has 0 spiro atoms. The molecule has 0 saturated heterocycles. The summed E-state index contributed by atoms with van der Waals surface area (Å²) in [6, 6.07) is 4.82. The van der Waals surface area contributed by atoms with Gasteiger partial charge in [-0.1, -0.05) is 6.07 Å². The van der Waals surface area contributed by atoms with E-state index < -0.39 is 5.91 Å². The first kappa shape index (κ1) is 11.8. The van der Waals surface area contributed by atoms with Crippen molar-refractivity contribution in [1.29, 1.82) is 0 Å². The number of aromatic hydroxyl groups is 1. The Morgan fingerprint density at radius 2 is 2.22 bits per heavy atom. The first-order valence-corrected chi connectivity index (χ1v) is 5.22. The number of hydrogen-bond donors (Lipinski definition) is 3. The van der Waals surface area contributed by atoms with Gasteiger partial charge in [-0.15, -0.1) is 0 Å². The topological polar surface area (TPSA) is 95.1 Å². The van der Waals surface area contributed by atoms with E-state index >= 15 is 0 Å². The van der Waals surface area contributed by atoms with Gasteiger partial charge in [-0.05, 0) is 19.1 Å². The smallest absolute Gasteiger partial charge is 0.275 e. The van der Waals surface area contributed by atoms with Gasteiger partial charge >= 0.3 is 0 Å². The van der Waals surface area contributed by atoms with Gasteiger partial charge in [0, 0.05) is 17.4 Å². The number of H-pyrrole nitrogens is 1. The van der Waals surface area contributed by atoms with Crippen LogP contribution < -0.4 is 10.9 Å². The molecule has 0 aliphatic heterocycles. The summed E-state index contributed by atoms with van der Waals surface area (Å²) in [4.78, 5) is 28.7. The highest BCUT2D eigenvalue weighted by atomic mass is 16.3. The highest BCUT2D eigenvalue weighted by Crippen LogP contribution is 2.23. The molecule has 0 saturated carbocycles. The number of aromatic amines is 1. The van der Waals surface area contributed by atoms with E-state index in [4.69, 9.17) is 0 Å². The molecule has 2 rings (SSSR count). The number of carbonyl (C=O) groups is 1. The Morgan fingerprint density at radius 3 is 2.89 bits per heavy atom. The van der Waals surface area contributed by atoms with Crippen LogP contribution in [0.25, 0.3) is 0 Å². The van der Waals surface area contributed by atoms with Crippen LogP contribution in [0.4, 0.5) is 5.69 Å². The fourth-order valence-corrected chi connectivity index (χ4v) is 1.41. The van der Waals surface area contributed by atoms with Crippen molar-refractivity contribution in [1.82, 2.24) is 9.97 Å². The molecular formula is C12H11N3O3. The third-order valence-corrected chi connectivity index (χ3v) is 2.46. The van der Waals surface area contributed by atoms with Gasteiger partial charge < -0.3 is 15.4 Å². The van der Waals surface area contributed by atoms with Crippen LogP contribution in [0, 0.1) is 6.92 Å². The standard InChI is InChI=1S/C12H11N3O3/c1-7-8(3-2-4-10(7)16)15-12(18)9-5-14-11(17)6-13-9/h2-6,16H,1H3,(H,14,17)(H,15,18). The lowest BCUT2D eigenvalue weighted by atomic mass is 10.2. The molecule has 6 nitrogen and oxygen atoms in total. The fraction of sp³-hybridized carbons (Fsp3) is 0.0833. The zero-order valence-electron chi connectivity index (χ0n) is 9.60. The van der Waals surface area contributed by atoms with Crippen LogP contribution in [0.2, 0.25) is 0 Å². The van der Waals surface area contributed by atoms with Gasteiger partial charge in [0.25, 0.3) is 11.5 Å². The van der Waals surface area contributed by atoms with Crippen LogP contribution in [-0.2, 0) is 0 Å². The van der Waals surface area contributed by atoms with Gasteiger partial charge in [-0.25, -0.2) is 4.98 Å². The summed E-state index contributed by atoms with van der Waals surface area (Å²) < 4.78 is 0. The lowest BCUT2D eigenvalue weighted by molar-refractivity contribution is 0.102. The Balaban J connectivity index is 2.24. The summed E-state index contributed by atoms with van der Waals surface area (Å²) in [5.41, 5.74) is 0.778. The molecule has 0 radical (unpaired) electrons. The van der Waals surface area contributed by atoms with Gasteiger partial charge in [-0.2, -0.15) is 0 Å². The van der Waals surface area contributed by atoms with Crippen molar-refractivity contribution in [3.63, 3.8) is 0 Å². The predicted octanol–water partition coefficient (Wildman–Crippen LogP) is 1.04. The molecule has 3 N–H and O–H groups in total. The van der Waals surface area contributed by atoms with Gasteiger partial charge in [0.15, 0.2) is 0 Å². The van der Waals surface area contributed by atoms with Crippen LogP contribution in [0.3, 0.4) is 0 Å². The summed E-state index contributed by atoms with van der Waals surface area (Å²) in [7, 11) is 0. The van der Waals surface area contributed by atoms with Crippen LogP contribution in [-0.4, -0.2) is 21.0 Å². The molecule has 0 unspecified atom stereocenters. The lowest BCUT2D eigenvalue weighted by Crippen LogP contribution is -2.17. The second-order valence-electron chi connectivity index (χ2n) is 3.70. The minimum absolute atomic E-state index is 0.0948. The molecule has 0 bridgehead atoms. The molecular weight excluding hydrogens is 234 g/mol. The third kappa shape index (κ3) is 2.37. The van der Waals surface area contributed by atoms with Gasteiger partial charge in [0.2, 0.25) is 0 Å². The molecule has 0 atom stereocenters. The number of phenolic OH excluding ortho intramolecular Hbond substituents is 1. The van der Waals surface area contributed by atoms with Gasteiger partial charge in [0.1, 0.15) is 11.4 Å². The average Bonchev–Trinajstić information content (AvgIpc) is 2.36. The Kier molecular flexibility index (Phi) is 3.09. The molecule has 1 amide bonds. The zero-order valence-corrected chi connectivity index (χ0v) is 9.60. The van der Waals surface area contributed by atoms with E-state index in [2.05, 4.69) is 15.3 Å². The number of anilines is 1. The Morgan fingerprint density at radius 1 is 1.44 bits per heavy atom. The molecule has 0 aliphatic rings. The van der Waals surface area contributed by atoms with E-state index in [1.54, 1.807) is 19.1 Å². The maximum absolute atomic E-state index is 11.8. The highest BCUT2D eigenvalue weighted by Gasteiger charge is 2.10. The van der Waals surface area contributed by atoms with Crippen molar-refractivity contribution in [3.05, 3.63) is 52.2 Å². The molecule has 0 aliphatic carbocycles. The largest absolute Gasteiger partial charge is 0.508 e. The number of rotatable bonds is 2. The third-order valence-electron chi connectivity index (χ3n) is 2.46. The summed E-state index contributed by atoms with van der Waals surface area (Å²) >= 11 is 0. The van der Waals surface area contributed by atoms with Crippen LogP contribution in [0.1, 0.15) is 16.1 Å². The SMILES string of the molecule is Cc1c(O)cccc1NC(=O)c1c[nH]c(=O)cn1. The summed E-state index contributed by atoms with van der Waals surface area (Å²) in [5.74, 6) is -0.359. The maximum atomic E-state index is 11.8. The second kappa shape index (κ2) is 4.70. The van der Waals surface area contributed by atoms with Crippen LogP contribution in [0.5, 0.6) is 5.75 Å². The summed E-state index contributed by atoms with van der Waals surface area (Å²) in [6.45, 7) is 1.69. The first-order valence-electron chi connectivity index (χ1n) is 5.22. The number of amides is 1. The lowest BCUT2D eigenvalue weighted by Gasteiger charge is -2.08. The Bertz CT molecular complexity index is 629. The van der Waals surface area contributed by atoms with Gasteiger partial charge in [0.05, 0.1) is 6.20 Å². The number of nitrogens with zero attached hydrogens (tertiary/aromatic N) is 1. The Labute approximate surface area is 102 Å². The monoisotopic (exact) mass is 245 g/mol. The van der Waals surface area contributed by atoms with Crippen LogP contribution >= 0.6 is 0 Å². The molecule has 1 aromatic heterocycles. The predicted molar refractivity (Wildman–Crippen MR) is 65.7 cm³/mol. The molecule has 18 heavy (non-hydrogen) atoms. The van der Waals surface area contributed by atoms with E-state index in [0.29, 0.717) is 11.3 Å². The normalized spacial score (nSPS) is 10.1. The number of benzene rings is 1. The van der Waals surface area contributed by atoms with Crippen molar-refractivity contribution in [2.75, 3.05) is 5.32 Å². The molecule has 92 valence electrons. The minimum Gasteiger partial charge on any atom is -0.508 e. The van der Waals surface area contributed by atoms with Crippen molar-refractivity contribution in [3.8, 4) is 5.75 Å². The van der Waals surface area contributed by atoms with Crippen molar-refractivity contribution >= 4 is 11.6 Å². The number of aromatic nitrogens is 2. The first-order chi connectivity index (χ1) is 8.58. The molecule has 0 fully saturated rings. The molecule has 2 aromatic rings. The maximum Gasteiger partial charge on any atom is 0.275 e. The van der Waals surface area contributed by atoms with Gasteiger partial charge in [-0.3, -0.25) is 9.59 Å². The second-order valence-corrected chi connectivity index (χ2v) is 3.70. The molecule has 6 heteroatoms. The zero-order chi connectivity index (χ0) is 13.1. The molecule has 1 aromatic carbocycles. The van der Waals surface area contributed by atoms with Crippen molar-refractivity contribution in [2.24, 2.45) is 0 Å². The highest BCUT2D eigenvalue weighted by molar-refractivity contribution is 6.03. The minimum atomic E-state index is -0.458. The van der Waals surface area contributed by atoms with E-state index in [1.807, 2.05) is 0 Å². The summed E-state index contributed by atoms with van der Waals surface area (Å²) in [6.07, 6.45) is 2.26. The number of carbonyl (C=O) groups excluding carboxylic acids is 1. The number of hydrogen-bond acceptors (Lipinski definition) is 4. The summed E-state index contributed by atoms with van der Waals surface area (Å²) in [5, 5.41) is 12.1. The van der Waals surface area contributed by atoms with E-state index in [-0.39, 0.29) is 17.0 Å². The van der Waals surface area contributed by atoms with Crippen molar-refractivity contribution in [2.45, 2.75) is 6.92 Å². The fourth-order valence-electron chi connectivity index (χ4n) is 1.41. The average molecular weight is 245 g/mol. The quantitative estimate of drug-likeness (QED) is 0.736. The van der Waals surface area contributed by atoms with E-state index in [1.165, 1.54) is 12.3 Å². The Hall–Kier alpha value is -2.63. The van der Waals surface area contributed by atoms with E-state index in [0.717, 1.165) is 6.20 Å². The van der Waals surface area contributed by atoms with Crippen molar-refractivity contribution < 1.29 is 9.90 Å². The van der Waals surface area contributed by atoms with E-state index in [9.17, 15) is 14.7 Å². The molecule has 1 heterocycles. The number of nitrogens with one attached hydrogen (secondary N) is 2. The van der Waals surface area contributed by atoms with Crippen LogP contribution in [0.15, 0.2) is 35.4 Å². The number of phenols is 1.